The molecule has 0 unspecified atom stereocenters. The van der Waals surface area contributed by atoms with E-state index in [4.69, 9.17) is 0 Å². The third-order valence-corrected chi connectivity index (χ3v) is 3.23. The molecule has 0 aromatic heterocycles. The first-order valence-corrected chi connectivity index (χ1v) is 8.33. The average molecular weight is 292 g/mol. The molecule has 0 aromatic carbocycles. The lowest BCUT2D eigenvalue weighted by atomic mass is 10.1. The molecule has 0 radical (unpaired) electrons. The second-order valence-corrected chi connectivity index (χ2v) is 5.16. The van der Waals surface area contributed by atoms with E-state index in [2.05, 4.69) is 48.1 Å². The lowest BCUT2D eigenvalue weighted by Gasteiger charge is -1.96. The van der Waals surface area contributed by atoms with Crippen LogP contribution in [0.5, 0.6) is 0 Å². The van der Waals surface area contributed by atoms with E-state index in [0.717, 1.165) is 32.1 Å². The molecule has 120 valence electrons. The van der Waals surface area contributed by atoms with E-state index < -0.39 is 0 Å². The van der Waals surface area contributed by atoms with Crippen LogP contribution >= 0.6 is 0 Å². The van der Waals surface area contributed by atoms with Crippen molar-refractivity contribution in [2.45, 2.75) is 71.1 Å². The SMILES string of the molecule is CC/C=C\CCCC/C=C\C/C=C\CCCCC(=O)OC. The van der Waals surface area contributed by atoms with Crippen molar-refractivity contribution in [3.05, 3.63) is 36.5 Å². The van der Waals surface area contributed by atoms with Gasteiger partial charge >= 0.3 is 5.97 Å². The second-order valence-electron chi connectivity index (χ2n) is 5.16. The zero-order chi connectivity index (χ0) is 15.6. The fourth-order valence-corrected chi connectivity index (χ4v) is 1.95. The van der Waals surface area contributed by atoms with Crippen molar-refractivity contribution in [2.75, 3.05) is 7.11 Å². The van der Waals surface area contributed by atoms with Crippen molar-refractivity contribution in [3.8, 4) is 0 Å². The average Bonchev–Trinajstić information content (AvgIpc) is 2.50. The molecule has 2 heteroatoms. The van der Waals surface area contributed by atoms with Gasteiger partial charge in [-0.05, 0) is 57.8 Å². The molecule has 0 heterocycles. The Balaban J connectivity index is 3.29. The van der Waals surface area contributed by atoms with Gasteiger partial charge in [-0.3, -0.25) is 4.79 Å². The van der Waals surface area contributed by atoms with Gasteiger partial charge in [-0.1, -0.05) is 43.4 Å². The van der Waals surface area contributed by atoms with Gasteiger partial charge in [-0.15, -0.1) is 0 Å². The number of hydrogen-bond donors (Lipinski definition) is 0. The van der Waals surface area contributed by atoms with Gasteiger partial charge in [0.25, 0.3) is 0 Å². The molecule has 0 spiro atoms. The quantitative estimate of drug-likeness (QED) is 0.245. The van der Waals surface area contributed by atoms with Crippen LogP contribution in [0.2, 0.25) is 0 Å². The summed E-state index contributed by atoms with van der Waals surface area (Å²) >= 11 is 0. The zero-order valence-electron chi connectivity index (χ0n) is 13.9. The van der Waals surface area contributed by atoms with E-state index in [9.17, 15) is 4.79 Å². The minimum atomic E-state index is -0.105. The van der Waals surface area contributed by atoms with Gasteiger partial charge in [0.15, 0.2) is 0 Å². The molecule has 0 aliphatic heterocycles. The van der Waals surface area contributed by atoms with Crippen molar-refractivity contribution in [1.82, 2.24) is 0 Å². The van der Waals surface area contributed by atoms with E-state index in [1.165, 1.54) is 32.8 Å². The Hall–Kier alpha value is -1.31. The van der Waals surface area contributed by atoms with E-state index in [1.807, 2.05) is 0 Å². The summed E-state index contributed by atoms with van der Waals surface area (Å²) in [5.41, 5.74) is 0. The highest BCUT2D eigenvalue weighted by atomic mass is 16.5. The maximum atomic E-state index is 10.9. The Morgan fingerprint density at radius 1 is 0.810 bits per heavy atom. The Morgan fingerprint density at radius 3 is 1.86 bits per heavy atom. The van der Waals surface area contributed by atoms with Crippen LogP contribution in [-0.2, 0) is 9.53 Å². The number of carbonyl (C=O) groups is 1. The predicted octanol–water partition coefficient (Wildman–Crippen LogP) is 5.75. The maximum absolute atomic E-state index is 10.9. The summed E-state index contributed by atoms with van der Waals surface area (Å²) in [6.45, 7) is 2.17. The van der Waals surface area contributed by atoms with Gasteiger partial charge in [-0.2, -0.15) is 0 Å². The highest BCUT2D eigenvalue weighted by Gasteiger charge is 1.97. The lowest BCUT2D eigenvalue weighted by molar-refractivity contribution is -0.140. The number of hydrogen-bond acceptors (Lipinski definition) is 2. The van der Waals surface area contributed by atoms with Crippen LogP contribution in [-0.4, -0.2) is 13.1 Å². The summed E-state index contributed by atoms with van der Waals surface area (Å²) < 4.78 is 4.60. The molecule has 0 aliphatic rings. The molecule has 0 aromatic rings. The summed E-state index contributed by atoms with van der Waals surface area (Å²) in [4.78, 5) is 10.9. The highest BCUT2D eigenvalue weighted by molar-refractivity contribution is 5.68. The summed E-state index contributed by atoms with van der Waals surface area (Å²) in [6, 6.07) is 0. The molecule has 0 saturated carbocycles. The molecule has 0 saturated heterocycles. The van der Waals surface area contributed by atoms with Gasteiger partial charge < -0.3 is 4.74 Å². The van der Waals surface area contributed by atoms with E-state index >= 15 is 0 Å². The van der Waals surface area contributed by atoms with Crippen LogP contribution < -0.4 is 0 Å². The summed E-state index contributed by atoms with van der Waals surface area (Å²) in [6.07, 6.45) is 24.2. The number of allylic oxidation sites excluding steroid dienone is 6. The van der Waals surface area contributed by atoms with Crippen molar-refractivity contribution in [2.24, 2.45) is 0 Å². The third-order valence-electron chi connectivity index (χ3n) is 3.23. The Kier molecular flexibility index (Phi) is 15.7. The minimum Gasteiger partial charge on any atom is -0.469 e. The normalized spacial score (nSPS) is 11.9. The molecular weight excluding hydrogens is 260 g/mol. The molecule has 0 rings (SSSR count). The molecule has 0 N–H and O–H groups in total. The largest absolute Gasteiger partial charge is 0.469 e. The minimum absolute atomic E-state index is 0.105. The van der Waals surface area contributed by atoms with Gasteiger partial charge in [0.05, 0.1) is 7.11 Å². The van der Waals surface area contributed by atoms with Crippen LogP contribution in [0.4, 0.5) is 0 Å². The fourth-order valence-electron chi connectivity index (χ4n) is 1.95. The maximum Gasteiger partial charge on any atom is 0.305 e. The molecule has 0 bridgehead atoms. The predicted molar refractivity (Wildman–Crippen MR) is 91.3 cm³/mol. The van der Waals surface area contributed by atoms with Crippen LogP contribution in [0.25, 0.3) is 0 Å². The second kappa shape index (κ2) is 16.7. The van der Waals surface area contributed by atoms with Crippen LogP contribution in [0.15, 0.2) is 36.5 Å². The van der Waals surface area contributed by atoms with Crippen molar-refractivity contribution in [3.63, 3.8) is 0 Å². The van der Waals surface area contributed by atoms with Crippen LogP contribution in [0.1, 0.15) is 71.1 Å². The van der Waals surface area contributed by atoms with Crippen molar-refractivity contribution in [1.29, 1.82) is 0 Å². The molecule has 0 aliphatic carbocycles. The zero-order valence-corrected chi connectivity index (χ0v) is 13.9. The molecule has 21 heavy (non-hydrogen) atoms. The van der Waals surface area contributed by atoms with Gasteiger partial charge in [0.2, 0.25) is 0 Å². The van der Waals surface area contributed by atoms with Gasteiger partial charge in [0.1, 0.15) is 0 Å². The number of rotatable bonds is 13. The van der Waals surface area contributed by atoms with E-state index in [0.29, 0.717) is 6.42 Å². The van der Waals surface area contributed by atoms with Crippen LogP contribution in [0.3, 0.4) is 0 Å². The Morgan fingerprint density at radius 2 is 1.33 bits per heavy atom. The third kappa shape index (κ3) is 16.6. The molecule has 2 nitrogen and oxygen atoms in total. The topological polar surface area (TPSA) is 26.3 Å². The van der Waals surface area contributed by atoms with Gasteiger partial charge in [0, 0.05) is 6.42 Å². The monoisotopic (exact) mass is 292 g/mol. The van der Waals surface area contributed by atoms with Crippen molar-refractivity contribution >= 4 is 5.97 Å². The number of ether oxygens (including phenoxy) is 1. The molecule has 0 fully saturated rings. The number of methoxy groups -OCH3 is 1. The van der Waals surface area contributed by atoms with E-state index in [1.54, 1.807) is 0 Å². The lowest BCUT2D eigenvalue weighted by Crippen LogP contribution is -1.98. The number of esters is 1. The standard InChI is InChI=1S/C19H32O2/c1-3-4-5-6-7-8-9-10-11-12-13-14-15-16-17-18-19(20)21-2/h4-5,10-11,13-14H,3,6-9,12,15-18H2,1-2H3/b5-4-,11-10-,14-13-. The number of carbonyl (C=O) groups excluding carboxylic acids is 1. The van der Waals surface area contributed by atoms with Crippen molar-refractivity contribution < 1.29 is 9.53 Å². The Bertz CT molecular complexity index is 314. The highest BCUT2D eigenvalue weighted by Crippen LogP contribution is 2.04. The molecular formula is C19H32O2. The Labute approximate surface area is 131 Å². The first-order valence-electron chi connectivity index (χ1n) is 8.33. The van der Waals surface area contributed by atoms with E-state index in [-0.39, 0.29) is 5.97 Å². The fraction of sp³-hybridized carbons (Fsp3) is 0.632. The first kappa shape index (κ1) is 19.7. The van der Waals surface area contributed by atoms with Gasteiger partial charge in [-0.25, -0.2) is 0 Å². The first-order chi connectivity index (χ1) is 10.3. The van der Waals surface area contributed by atoms with Crippen LogP contribution in [0, 0.1) is 0 Å². The summed E-state index contributed by atoms with van der Waals surface area (Å²) in [5, 5.41) is 0. The summed E-state index contributed by atoms with van der Waals surface area (Å²) in [5.74, 6) is -0.105. The molecule has 0 amide bonds. The molecule has 0 atom stereocenters. The summed E-state index contributed by atoms with van der Waals surface area (Å²) in [7, 11) is 1.44. The smallest absolute Gasteiger partial charge is 0.305 e. The number of unbranched alkanes of at least 4 members (excludes halogenated alkanes) is 5.